The second kappa shape index (κ2) is 5.05. The average molecular weight is 268 g/mol. The number of carbonyl (C=O) groups is 2. The van der Waals surface area contributed by atoms with Gasteiger partial charge < -0.3 is 9.73 Å². The van der Waals surface area contributed by atoms with Gasteiger partial charge in [0, 0.05) is 6.08 Å². The lowest BCUT2D eigenvalue weighted by molar-refractivity contribution is -0.119. The number of para-hydroxylation sites is 2. The summed E-state index contributed by atoms with van der Waals surface area (Å²) in [7, 11) is 0. The molecule has 5 nitrogen and oxygen atoms in total. The number of furan rings is 1. The number of rotatable bonds is 2. The molecular formula is C15H12N2O3. The quantitative estimate of drug-likeness (QED) is 0.850. The summed E-state index contributed by atoms with van der Waals surface area (Å²) in [5.74, 6) is 0.125. The van der Waals surface area contributed by atoms with E-state index in [4.69, 9.17) is 4.42 Å². The van der Waals surface area contributed by atoms with Crippen molar-refractivity contribution in [1.29, 1.82) is 0 Å². The molecule has 2 heterocycles. The predicted molar refractivity (Wildman–Crippen MR) is 75.2 cm³/mol. The van der Waals surface area contributed by atoms with E-state index in [1.54, 1.807) is 30.3 Å². The van der Waals surface area contributed by atoms with Gasteiger partial charge in [-0.25, -0.2) is 0 Å². The van der Waals surface area contributed by atoms with Gasteiger partial charge in [-0.2, -0.15) is 0 Å². The van der Waals surface area contributed by atoms with Crippen LogP contribution < -0.4 is 10.2 Å². The molecule has 2 amide bonds. The van der Waals surface area contributed by atoms with Crippen LogP contribution in [0.5, 0.6) is 0 Å². The van der Waals surface area contributed by atoms with Gasteiger partial charge in [0.15, 0.2) is 0 Å². The SMILES string of the molecule is O=C1CN(C(=O)/C=C/c2ccco2)c2ccccc2N1. The van der Waals surface area contributed by atoms with E-state index in [0.29, 0.717) is 17.1 Å². The van der Waals surface area contributed by atoms with Crippen molar-refractivity contribution in [2.75, 3.05) is 16.8 Å². The number of nitrogens with one attached hydrogen (secondary N) is 1. The highest BCUT2D eigenvalue weighted by molar-refractivity contribution is 6.13. The molecule has 1 aromatic heterocycles. The van der Waals surface area contributed by atoms with Crippen molar-refractivity contribution in [1.82, 2.24) is 0 Å². The van der Waals surface area contributed by atoms with E-state index in [1.165, 1.54) is 17.2 Å². The summed E-state index contributed by atoms with van der Waals surface area (Å²) < 4.78 is 5.12. The van der Waals surface area contributed by atoms with E-state index in [9.17, 15) is 9.59 Å². The number of anilines is 2. The highest BCUT2D eigenvalue weighted by Gasteiger charge is 2.25. The van der Waals surface area contributed by atoms with Gasteiger partial charge in [-0.05, 0) is 30.3 Å². The fourth-order valence-corrected chi connectivity index (χ4v) is 2.06. The molecule has 1 aliphatic rings. The van der Waals surface area contributed by atoms with Gasteiger partial charge >= 0.3 is 0 Å². The molecule has 1 aliphatic heterocycles. The summed E-state index contributed by atoms with van der Waals surface area (Å²) in [6, 6.07) is 10.7. The number of nitrogens with zero attached hydrogens (tertiary/aromatic N) is 1. The van der Waals surface area contributed by atoms with E-state index >= 15 is 0 Å². The molecule has 0 bridgehead atoms. The Morgan fingerprint density at radius 1 is 1.25 bits per heavy atom. The monoisotopic (exact) mass is 268 g/mol. The van der Waals surface area contributed by atoms with E-state index in [0.717, 1.165) is 0 Å². The highest BCUT2D eigenvalue weighted by atomic mass is 16.3. The third-order valence-electron chi connectivity index (χ3n) is 2.97. The number of fused-ring (bicyclic) bond motifs is 1. The maximum absolute atomic E-state index is 12.2. The van der Waals surface area contributed by atoms with Crippen molar-refractivity contribution in [3.05, 3.63) is 54.5 Å². The van der Waals surface area contributed by atoms with Crippen LogP contribution in [0.3, 0.4) is 0 Å². The maximum Gasteiger partial charge on any atom is 0.251 e. The highest BCUT2D eigenvalue weighted by Crippen LogP contribution is 2.29. The molecule has 1 N–H and O–H groups in total. The van der Waals surface area contributed by atoms with E-state index in [1.807, 2.05) is 12.1 Å². The molecule has 0 fully saturated rings. The summed E-state index contributed by atoms with van der Waals surface area (Å²) in [6.45, 7) is 0.0122. The summed E-state index contributed by atoms with van der Waals surface area (Å²) >= 11 is 0. The van der Waals surface area contributed by atoms with Crippen LogP contribution in [0.4, 0.5) is 11.4 Å². The molecule has 0 radical (unpaired) electrons. The lowest BCUT2D eigenvalue weighted by Crippen LogP contribution is -2.41. The minimum atomic E-state index is -0.260. The van der Waals surface area contributed by atoms with Crippen molar-refractivity contribution >= 4 is 29.3 Å². The van der Waals surface area contributed by atoms with Gasteiger partial charge in [0.2, 0.25) is 5.91 Å². The number of amides is 2. The number of hydrogen-bond donors (Lipinski definition) is 1. The fraction of sp³-hybridized carbons (Fsp3) is 0.0667. The van der Waals surface area contributed by atoms with Crippen molar-refractivity contribution in [2.45, 2.75) is 0 Å². The molecule has 0 spiro atoms. The topological polar surface area (TPSA) is 62.6 Å². The van der Waals surface area contributed by atoms with Crippen molar-refractivity contribution < 1.29 is 14.0 Å². The molecule has 0 saturated heterocycles. The van der Waals surface area contributed by atoms with Crippen LogP contribution in [0.15, 0.2) is 53.2 Å². The summed E-state index contributed by atoms with van der Waals surface area (Å²) in [4.78, 5) is 25.3. The zero-order chi connectivity index (χ0) is 13.9. The third kappa shape index (κ3) is 2.33. The predicted octanol–water partition coefficient (Wildman–Crippen LogP) is 2.28. The summed E-state index contributed by atoms with van der Waals surface area (Å²) in [5.41, 5.74) is 1.34. The van der Waals surface area contributed by atoms with Crippen LogP contribution >= 0.6 is 0 Å². The van der Waals surface area contributed by atoms with Gasteiger partial charge in [-0.1, -0.05) is 12.1 Å². The first-order chi connectivity index (χ1) is 9.74. The molecular weight excluding hydrogens is 256 g/mol. The van der Waals surface area contributed by atoms with E-state index in [-0.39, 0.29) is 18.4 Å². The Kier molecular flexibility index (Phi) is 3.09. The Bertz CT molecular complexity index is 674. The van der Waals surface area contributed by atoms with Crippen LogP contribution in [-0.2, 0) is 9.59 Å². The summed E-state index contributed by atoms with van der Waals surface area (Å²) in [5, 5.41) is 2.74. The lowest BCUT2D eigenvalue weighted by Gasteiger charge is -2.28. The molecule has 5 heteroatoms. The molecule has 2 aromatic rings. The number of benzene rings is 1. The van der Waals surface area contributed by atoms with E-state index < -0.39 is 0 Å². The second-order valence-corrected chi connectivity index (χ2v) is 4.34. The van der Waals surface area contributed by atoms with Crippen molar-refractivity contribution in [2.24, 2.45) is 0 Å². The van der Waals surface area contributed by atoms with Gasteiger partial charge in [0.05, 0.1) is 17.6 Å². The Hall–Kier alpha value is -2.82. The minimum Gasteiger partial charge on any atom is -0.465 e. The van der Waals surface area contributed by atoms with Gasteiger partial charge in [-0.3, -0.25) is 14.5 Å². The van der Waals surface area contributed by atoms with Crippen LogP contribution in [0.2, 0.25) is 0 Å². The Balaban J connectivity index is 1.86. The first kappa shape index (κ1) is 12.2. The fourth-order valence-electron chi connectivity index (χ4n) is 2.06. The number of hydrogen-bond acceptors (Lipinski definition) is 3. The Morgan fingerprint density at radius 3 is 2.90 bits per heavy atom. The zero-order valence-electron chi connectivity index (χ0n) is 10.6. The molecule has 0 atom stereocenters. The first-order valence-electron chi connectivity index (χ1n) is 6.16. The molecule has 20 heavy (non-hydrogen) atoms. The van der Waals surface area contributed by atoms with Gasteiger partial charge in [0.25, 0.3) is 5.91 Å². The third-order valence-corrected chi connectivity index (χ3v) is 2.97. The van der Waals surface area contributed by atoms with Gasteiger partial charge in [-0.15, -0.1) is 0 Å². The Morgan fingerprint density at radius 2 is 2.10 bits per heavy atom. The van der Waals surface area contributed by atoms with Crippen molar-refractivity contribution in [3.8, 4) is 0 Å². The number of carbonyl (C=O) groups excluding carboxylic acids is 2. The molecule has 0 saturated carbocycles. The first-order valence-corrected chi connectivity index (χ1v) is 6.16. The largest absolute Gasteiger partial charge is 0.465 e. The molecule has 3 rings (SSSR count). The maximum atomic E-state index is 12.2. The van der Waals surface area contributed by atoms with E-state index in [2.05, 4.69) is 5.32 Å². The molecule has 0 unspecified atom stereocenters. The normalized spacial score (nSPS) is 14.2. The van der Waals surface area contributed by atoms with Crippen LogP contribution in [0.1, 0.15) is 5.76 Å². The van der Waals surface area contributed by atoms with Gasteiger partial charge in [0.1, 0.15) is 12.3 Å². The van der Waals surface area contributed by atoms with Crippen LogP contribution in [0, 0.1) is 0 Å². The van der Waals surface area contributed by atoms with Crippen LogP contribution in [0.25, 0.3) is 6.08 Å². The zero-order valence-corrected chi connectivity index (χ0v) is 10.6. The van der Waals surface area contributed by atoms with Crippen molar-refractivity contribution in [3.63, 3.8) is 0 Å². The summed E-state index contributed by atoms with van der Waals surface area (Å²) in [6.07, 6.45) is 4.51. The van der Waals surface area contributed by atoms with Crippen LogP contribution in [-0.4, -0.2) is 18.4 Å². The standard InChI is InChI=1S/C15H12N2O3/c18-14-10-17(13-6-2-1-5-12(13)16-14)15(19)8-7-11-4-3-9-20-11/h1-9H,10H2,(H,16,18)/b8-7+. The minimum absolute atomic E-state index is 0.0122. The lowest BCUT2D eigenvalue weighted by atomic mass is 10.2. The molecule has 100 valence electrons. The molecule has 0 aliphatic carbocycles. The Labute approximate surface area is 115 Å². The second-order valence-electron chi connectivity index (χ2n) is 4.34. The average Bonchev–Trinajstić information content (AvgIpc) is 2.97. The molecule has 1 aromatic carbocycles. The smallest absolute Gasteiger partial charge is 0.251 e.